The Bertz CT molecular complexity index is 264. The van der Waals surface area contributed by atoms with E-state index in [1.807, 2.05) is 6.92 Å². The van der Waals surface area contributed by atoms with E-state index in [0.29, 0.717) is 5.92 Å². The smallest absolute Gasteiger partial charge is 0.0413 e. The van der Waals surface area contributed by atoms with E-state index in [1.165, 1.54) is 16.8 Å². The van der Waals surface area contributed by atoms with Crippen LogP contribution in [0.2, 0.25) is 0 Å². The Hall–Kier alpha value is -0.850. The fourth-order valence-corrected chi connectivity index (χ4v) is 1.91. The van der Waals surface area contributed by atoms with Crippen molar-refractivity contribution in [1.82, 2.24) is 4.98 Å². The molecule has 0 aliphatic rings. The van der Waals surface area contributed by atoms with Crippen molar-refractivity contribution in [2.24, 2.45) is 0 Å². The van der Waals surface area contributed by atoms with E-state index < -0.39 is 0 Å². The Balaban J connectivity index is 3.28. The van der Waals surface area contributed by atoms with Gasteiger partial charge in [0.2, 0.25) is 0 Å². The van der Waals surface area contributed by atoms with E-state index in [4.69, 9.17) is 0 Å². The first kappa shape index (κ1) is 9.24. The highest BCUT2D eigenvalue weighted by Gasteiger charge is 2.07. The zero-order valence-electron chi connectivity index (χ0n) is 8.60. The average Bonchev–Trinajstić information content (AvgIpc) is 1.82. The second-order valence-corrected chi connectivity index (χ2v) is 3.73. The number of rotatable bonds is 1. The summed E-state index contributed by atoms with van der Waals surface area (Å²) < 4.78 is 0. The molecule has 0 amide bonds. The normalized spacial score (nSPS) is 10.8. The van der Waals surface area contributed by atoms with Crippen LogP contribution >= 0.6 is 0 Å². The Kier molecular flexibility index (Phi) is 2.51. The molecule has 0 unspecified atom stereocenters. The Morgan fingerprint density at radius 2 is 1.75 bits per heavy atom. The van der Waals surface area contributed by atoms with Gasteiger partial charge in [0.05, 0.1) is 0 Å². The number of aromatic nitrogens is 1. The largest absolute Gasteiger partial charge is 0.258 e. The van der Waals surface area contributed by atoms with Crippen LogP contribution in [0.5, 0.6) is 0 Å². The van der Waals surface area contributed by atoms with Gasteiger partial charge in [-0.2, -0.15) is 0 Å². The maximum Gasteiger partial charge on any atom is 0.0413 e. The van der Waals surface area contributed by atoms with E-state index in [0.717, 1.165) is 5.69 Å². The van der Waals surface area contributed by atoms with Gasteiger partial charge in [-0.3, -0.25) is 4.98 Å². The summed E-state index contributed by atoms with van der Waals surface area (Å²) in [6, 6.07) is 2.16. The van der Waals surface area contributed by atoms with Gasteiger partial charge in [0.1, 0.15) is 0 Å². The van der Waals surface area contributed by atoms with Crippen LogP contribution in [-0.4, -0.2) is 4.98 Å². The first-order chi connectivity index (χ1) is 5.52. The summed E-state index contributed by atoms with van der Waals surface area (Å²) in [7, 11) is 0. The van der Waals surface area contributed by atoms with Crippen molar-refractivity contribution in [2.75, 3.05) is 0 Å². The SMILES string of the molecule is Cc1cc(C)c(C(C)C)c(C)n1. The minimum atomic E-state index is 0.582. The molecular formula is C11H17N. The predicted octanol–water partition coefficient (Wildman–Crippen LogP) is 3.13. The molecule has 0 saturated heterocycles. The summed E-state index contributed by atoms with van der Waals surface area (Å²) in [4.78, 5) is 4.46. The maximum absolute atomic E-state index is 4.46. The Morgan fingerprint density at radius 1 is 1.17 bits per heavy atom. The number of hydrogen-bond donors (Lipinski definition) is 0. The molecule has 0 radical (unpaired) electrons. The Morgan fingerprint density at radius 3 is 2.17 bits per heavy atom. The molecule has 0 atom stereocenters. The third-order valence-corrected chi connectivity index (χ3v) is 2.16. The molecule has 1 rings (SSSR count). The fourth-order valence-electron chi connectivity index (χ4n) is 1.91. The van der Waals surface area contributed by atoms with Crippen molar-refractivity contribution in [1.29, 1.82) is 0 Å². The average molecular weight is 163 g/mol. The summed E-state index contributed by atoms with van der Waals surface area (Å²) in [5.74, 6) is 0.582. The first-order valence-corrected chi connectivity index (χ1v) is 4.47. The molecule has 0 aromatic carbocycles. The minimum Gasteiger partial charge on any atom is -0.258 e. The number of hydrogen-bond acceptors (Lipinski definition) is 1. The van der Waals surface area contributed by atoms with Crippen LogP contribution in [0.25, 0.3) is 0 Å². The lowest BCUT2D eigenvalue weighted by Gasteiger charge is -2.13. The van der Waals surface area contributed by atoms with Crippen LogP contribution in [0.15, 0.2) is 6.07 Å². The molecule has 0 spiro atoms. The molecule has 1 heterocycles. The van der Waals surface area contributed by atoms with Crippen molar-refractivity contribution < 1.29 is 0 Å². The number of nitrogens with zero attached hydrogens (tertiary/aromatic N) is 1. The van der Waals surface area contributed by atoms with Gasteiger partial charge < -0.3 is 0 Å². The van der Waals surface area contributed by atoms with Gasteiger partial charge >= 0.3 is 0 Å². The lowest BCUT2D eigenvalue weighted by Crippen LogP contribution is -2.00. The van der Waals surface area contributed by atoms with E-state index in [2.05, 4.69) is 38.7 Å². The van der Waals surface area contributed by atoms with Gasteiger partial charge in [-0.05, 0) is 43.9 Å². The van der Waals surface area contributed by atoms with Crippen molar-refractivity contribution in [3.63, 3.8) is 0 Å². The molecule has 0 fully saturated rings. The van der Waals surface area contributed by atoms with Crippen LogP contribution in [0.3, 0.4) is 0 Å². The highest BCUT2D eigenvalue weighted by molar-refractivity contribution is 5.33. The van der Waals surface area contributed by atoms with Crippen LogP contribution in [0.1, 0.15) is 42.3 Å². The van der Waals surface area contributed by atoms with E-state index in [-0.39, 0.29) is 0 Å². The van der Waals surface area contributed by atoms with Gasteiger partial charge in [-0.15, -0.1) is 0 Å². The third kappa shape index (κ3) is 1.66. The highest BCUT2D eigenvalue weighted by atomic mass is 14.7. The quantitative estimate of drug-likeness (QED) is 0.619. The lowest BCUT2D eigenvalue weighted by molar-refractivity contribution is 0.827. The monoisotopic (exact) mass is 163 g/mol. The van der Waals surface area contributed by atoms with E-state index in [9.17, 15) is 0 Å². The highest BCUT2D eigenvalue weighted by Crippen LogP contribution is 2.21. The summed E-state index contributed by atoms with van der Waals surface area (Å²) >= 11 is 0. The molecule has 0 N–H and O–H groups in total. The van der Waals surface area contributed by atoms with Crippen molar-refractivity contribution in [3.05, 3.63) is 28.6 Å². The van der Waals surface area contributed by atoms with Crippen LogP contribution < -0.4 is 0 Å². The molecule has 12 heavy (non-hydrogen) atoms. The summed E-state index contributed by atoms with van der Waals surface area (Å²) in [6.07, 6.45) is 0. The zero-order chi connectivity index (χ0) is 9.30. The topological polar surface area (TPSA) is 12.9 Å². The maximum atomic E-state index is 4.46. The zero-order valence-corrected chi connectivity index (χ0v) is 8.60. The van der Waals surface area contributed by atoms with Gasteiger partial charge in [-0.25, -0.2) is 0 Å². The second-order valence-electron chi connectivity index (χ2n) is 3.73. The summed E-state index contributed by atoms with van der Waals surface area (Å²) in [6.45, 7) is 10.7. The number of pyridine rings is 1. The molecule has 1 nitrogen and oxygen atoms in total. The molecule has 0 saturated carbocycles. The summed E-state index contributed by atoms with van der Waals surface area (Å²) in [5, 5.41) is 0. The van der Waals surface area contributed by atoms with Crippen molar-refractivity contribution in [2.45, 2.75) is 40.5 Å². The molecule has 0 bridgehead atoms. The lowest BCUT2D eigenvalue weighted by atomic mass is 9.96. The van der Waals surface area contributed by atoms with Crippen LogP contribution in [0.4, 0.5) is 0 Å². The van der Waals surface area contributed by atoms with Gasteiger partial charge in [0.15, 0.2) is 0 Å². The molecule has 1 heteroatoms. The third-order valence-electron chi connectivity index (χ3n) is 2.16. The van der Waals surface area contributed by atoms with Crippen molar-refractivity contribution in [3.8, 4) is 0 Å². The van der Waals surface area contributed by atoms with Crippen molar-refractivity contribution >= 4 is 0 Å². The van der Waals surface area contributed by atoms with Crippen LogP contribution in [-0.2, 0) is 0 Å². The second kappa shape index (κ2) is 3.26. The molecular weight excluding hydrogens is 146 g/mol. The molecule has 1 aromatic heterocycles. The molecule has 1 aromatic rings. The fraction of sp³-hybridized carbons (Fsp3) is 0.545. The molecule has 0 aliphatic heterocycles. The van der Waals surface area contributed by atoms with Gasteiger partial charge in [-0.1, -0.05) is 13.8 Å². The van der Waals surface area contributed by atoms with E-state index in [1.54, 1.807) is 0 Å². The standard InChI is InChI=1S/C11H17N/c1-7(2)11-8(3)6-9(4)12-10(11)5/h6-7H,1-5H3. The predicted molar refractivity (Wildman–Crippen MR) is 52.5 cm³/mol. The summed E-state index contributed by atoms with van der Waals surface area (Å²) in [5.41, 5.74) is 5.08. The van der Waals surface area contributed by atoms with Crippen LogP contribution in [0, 0.1) is 20.8 Å². The molecule has 0 aliphatic carbocycles. The molecule has 66 valence electrons. The van der Waals surface area contributed by atoms with Gasteiger partial charge in [0.25, 0.3) is 0 Å². The Labute approximate surface area is 74.8 Å². The van der Waals surface area contributed by atoms with Gasteiger partial charge in [0, 0.05) is 11.4 Å². The first-order valence-electron chi connectivity index (χ1n) is 4.47. The minimum absolute atomic E-state index is 0.582. The van der Waals surface area contributed by atoms with E-state index >= 15 is 0 Å². The number of aryl methyl sites for hydroxylation is 3.